The molecule has 2 aromatic rings. The highest BCUT2D eigenvalue weighted by Gasteiger charge is 2.06. The number of ether oxygens (including phenoxy) is 1. The Morgan fingerprint density at radius 3 is 2.45 bits per heavy atom. The molecule has 0 fully saturated rings. The first kappa shape index (κ1) is 14.6. The van der Waals surface area contributed by atoms with E-state index in [0.717, 1.165) is 5.75 Å². The maximum absolute atomic E-state index is 5.95. The largest absolute Gasteiger partial charge is 0.489 e. The number of nitrogens with one attached hydrogen (secondary N) is 1. The summed E-state index contributed by atoms with van der Waals surface area (Å²) >= 11 is 0. The molecule has 1 N–H and O–H groups in total. The van der Waals surface area contributed by atoms with E-state index in [1.54, 1.807) is 0 Å². The van der Waals surface area contributed by atoms with Crippen molar-refractivity contribution in [2.75, 3.05) is 7.05 Å². The van der Waals surface area contributed by atoms with Crippen LogP contribution in [-0.4, -0.2) is 7.05 Å². The molecule has 1 unspecified atom stereocenters. The summed E-state index contributed by atoms with van der Waals surface area (Å²) in [5, 5.41) is 3.25. The number of hydrogen-bond acceptors (Lipinski definition) is 2. The molecule has 0 aliphatic rings. The molecule has 0 aliphatic heterocycles. The molecule has 106 valence electrons. The second kappa shape index (κ2) is 6.58. The molecule has 2 rings (SSSR count). The Bertz CT molecular complexity index is 577. The van der Waals surface area contributed by atoms with Crippen molar-refractivity contribution in [2.24, 2.45) is 0 Å². The summed E-state index contributed by atoms with van der Waals surface area (Å²) in [5.74, 6) is 0.959. The summed E-state index contributed by atoms with van der Waals surface area (Å²) in [7, 11) is 1.97. The van der Waals surface area contributed by atoms with Crippen LogP contribution in [0.1, 0.15) is 35.2 Å². The van der Waals surface area contributed by atoms with E-state index in [0.29, 0.717) is 12.6 Å². The predicted octanol–water partition coefficient (Wildman–Crippen LogP) is 4.16. The molecular formula is C18H23NO. The number of benzene rings is 2. The van der Waals surface area contributed by atoms with Gasteiger partial charge in [0.05, 0.1) is 0 Å². The topological polar surface area (TPSA) is 21.3 Å². The maximum Gasteiger partial charge on any atom is 0.122 e. The monoisotopic (exact) mass is 269 g/mol. The fourth-order valence-corrected chi connectivity index (χ4v) is 2.20. The Hall–Kier alpha value is -1.80. The highest BCUT2D eigenvalue weighted by atomic mass is 16.5. The fourth-order valence-electron chi connectivity index (χ4n) is 2.20. The number of hydrogen-bond donors (Lipinski definition) is 1. The molecule has 0 saturated carbocycles. The average molecular weight is 269 g/mol. The van der Waals surface area contributed by atoms with Gasteiger partial charge in [-0.05, 0) is 56.1 Å². The highest BCUT2D eigenvalue weighted by molar-refractivity contribution is 5.37. The second-order valence-corrected chi connectivity index (χ2v) is 5.25. The molecule has 0 aliphatic carbocycles. The van der Waals surface area contributed by atoms with Gasteiger partial charge in [0.2, 0.25) is 0 Å². The summed E-state index contributed by atoms with van der Waals surface area (Å²) < 4.78 is 5.95. The predicted molar refractivity (Wildman–Crippen MR) is 84.2 cm³/mol. The summed E-state index contributed by atoms with van der Waals surface area (Å²) in [5.41, 5.74) is 4.97. The second-order valence-electron chi connectivity index (χ2n) is 5.25. The van der Waals surface area contributed by atoms with E-state index in [2.05, 4.69) is 68.6 Å². The Morgan fingerprint density at radius 2 is 1.80 bits per heavy atom. The van der Waals surface area contributed by atoms with Gasteiger partial charge >= 0.3 is 0 Å². The molecule has 0 aromatic heterocycles. The molecule has 2 aromatic carbocycles. The van der Waals surface area contributed by atoms with Crippen LogP contribution in [0, 0.1) is 13.8 Å². The van der Waals surface area contributed by atoms with Gasteiger partial charge in [-0.3, -0.25) is 0 Å². The Morgan fingerprint density at radius 1 is 1.05 bits per heavy atom. The molecule has 0 saturated heterocycles. The van der Waals surface area contributed by atoms with Crippen LogP contribution in [0.4, 0.5) is 0 Å². The van der Waals surface area contributed by atoms with Crippen molar-refractivity contribution in [3.8, 4) is 5.75 Å². The van der Waals surface area contributed by atoms with E-state index in [4.69, 9.17) is 4.74 Å². The van der Waals surface area contributed by atoms with Crippen molar-refractivity contribution in [3.63, 3.8) is 0 Å². The quantitative estimate of drug-likeness (QED) is 0.880. The van der Waals surface area contributed by atoms with Crippen LogP contribution in [-0.2, 0) is 6.61 Å². The van der Waals surface area contributed by atoms with Gasteiger partial charge in [-0.2, -0.15) is 0 Å². The molecule has 0 amide bonds. The molecule has 2 nitrogen and oxygen atoms in total. The third-order valence-corrected chi connectivity index (χ3v) is 3.78. The van der Waals surface area contributed by atoms with Crippen LogP contribution in [0.25, 0.3) is 0 Å². The first-order valence-corrected chi connectivity index (χ1v) is 7.07. The van der Waals surface area contributed by atoms with Crippen molar-refractivity contribution in [1.82, 2.24) is 5.32 Å². The van der Waals surface area contributed by atoms with Crippen LogP contribution < -0.4 is 10.1 Å². The van der Waals surface area contributed by atoms with Crippen LogP contribution in [0.2, 0.25) is 0 Å². The Balaban J connectivity index is 2.09. The van der Waals surface area contributed by atoms with Gasteiger partial charge in [-0.15, -0.1) is 0 Å². The number of aryl methyl sites for hydroxylation is 2. The van der Waals surface area contributed by atoms with Crippen molar-refractivity contribution in [2.45, 2.75) is 33.4 Å². The van der Waals surface area contributed by atoms with Gasteiger partial charge < -0.3 is 10.1 Å². The minimum Gasteiger partial charge on any atom is -0.489 e. The van der Waals surface area contributed by atoms with Crippen molar-refractivity contribution < 1.29 is 4.74 Å². The molecular weight excluding hydrogens is 246 g/mol. The molecule has 1 atom stereocenters. The fraction of sp³-hybridized carbons (Fsp3) is 0.333. The number of rotatable bonds is 5. The van der Waals surface area contributed by atoms with E-state index >= 15 is 0 Å². The van der Waals surface area contributed by atoms with Crippen molar-refractivity contribution in [3.05, 3.63) is 64.7 Å². The van der Waals surface area contributed by atoms with Crippen LogP contribution in [0.3, 0.4) is 0 Å². The van der Waals surface area contributed by atoms with Crippen LogP contribution in [0.5, 0.6) is 5.75 Å². The van der Waals surface area contributed by atoms with E-state index in [9.17, 15) is 0 Å². The van der Waals surface area contributed by atoms with Gasteiger partial charge in [-0.1, -0.05) is 36.4 Å². The molecule has 0 heterocycles. The highest BCUT2D eigenvalue weighted by Crippen LogP contribution is 2.23. The van der Waals surface area contributed by atoms with Gasteiger partial charge in [-0.25, -0.2) is 0 Å². The van der Waals surface area contributed by atoms with E-state index in [1.165, 1.54) is 22.3 Å². The summed E-state index contributed by atoms with van der Waals surface area (Å²) in [6.45, 7) is 6.99. The van der Waals surface area contributed by atoms with Crippen molar-refractivity contribution in [1.29, 1.82) is 0 Å². The molecule has 0 spiro atoms. The lowest BCUT2D eigenvalue weighted by atomic mass is 10.1. The van der Waals surface area contributed by atoms with Crippen molar-refractivity contribution >= 4 is 0 Å². The lowest BCUT2D eigenvalue weighted by Crippen LogP contribution is -2.12. The van der Waals surface area contributed by atoms with Gasteiger partial charge in [0.15, 0.2) is 0 Å². The lowest BCUT2D eigenvalue weighted by Gasteiger charge is -2.15. The molecule has 0 bridgehead atoms. The Kier molecular flexibility index (Phi) is 4.80. The molecule has 2 heteroatoms. The summed E-state index contributed by atoms with van der Waals surface area (Å²) in [4.78, 5) is 0. The van der Waals surface area contributed by atoms with E-state index < -0.39 is 0 Å². The normalized spacial score (nSPS) is 12.2. The summed E-state index contributed by atoms with van der Waals surface area (Å²) in [6, 6.07) is 15.1. The first-order valence-electron chi connectivity index (χ1n) is 7.07. The first-order chi connectivity index (χ1) is 9.61. The third-order valence-electron chi connectivity index (χ3n) is 3.78. The molecule has 0 radical (unpaired) electrons. The van der Waals surface area contributed by atoms with Gasteiger partial charge in [0.1, 0.15) is 12.4 Å². The smallest absolute Gasteiger partial charge is 0.122 e. The minimum absolute atomic E-state index is 0.360. The molecule has 20 heavy (non-hydrogen) atoms. The zero-order chi connectivity index (χ0) is 14.5. The zero-order valence-electron chi connectivity index (χ0n) is 12.7. The minimum atomic E-state index is 0.360. The maximum atomic E-state index is 5.95. The van der Waals surface area contributed by atoms with Gasteiger partial charge in [0, 0.05) is 6.04 Å². The van der Waals surface area contributed by atoms with Crippen LogP contribution in [0.15, 0.2) is 42.5 Å². The van der Waals surface area contributed by atoms with Crippen LogP contribution >= 0.6 is 0 Å². The van der Waals surface area contributed by atoms with E-state index in [-0.39, 0.29) is 0 Å². The lowest BCUT2D eigenvalue weighted by molar-refractivity contribution is 0.303. The van der Waals surface area contributed by atoms with Gasteiger partial charge in [0.25, 0.3) is 0 Å². The zero-order valence-corrected chi connectivity index (χ0v) is 12.7. The SMILES string of the molecule is CNC(C)c1ccc(OCc2ccccc2C)c(C)c1. The summed E-state index contributed by atoms with van der Waals surface area (Å²) in [6.07, 6.45) is 0. The standard InChI is InChI=1S/C18H23NO/c1-13-7-5-6-8-17(13)12-20-18-10-9-16(11-14(18)2)15(3)19-4/h5-11,15,19H,12H2,1-4H3. The average Bonchev–Trinajstić information content (AvgIpc) is 2.46. The van der Waals surface area contributed by atoms with E-state index in [1.807, 2.05) is 7.05 Å². The third kappa shape index (κ3) is 3.40. The Labute approximate surface area is 121 Å².